The highest BCUT2D eigenvalue weighted by atomic mass is 32.1. The monoisotopic (exact) mass is 451 g/mol. The van der Waals surface area contributed by atoms with Crippen LogP contribution in [0, 0.1) is 6.92 Å². The zero-order valence-electron chi connectivity index (χ0n) is 16.6. The normalized spacial score (nSPS) is 16.6. The van der Waals surface area contributed by atoms with Crippen LogP contribution in [0.2, 0.25) is 0 Å². The first kappa shape index (κ1) is 21.4. The molecule has 4 rings (SSSR count). The van der Waals surface area contributed by atoms with E-state index >= 15 is 0 Å². The number of hydrogen-bond acceptors (Lipinski definition) is 5. The molecule has 6 nitrogen and oxygen atoms in total. The molecule has 0 saturated carbocycles. The van der Waals surface area contributed by atoms with E-state index < -0.39 is 12.3 Å². The summed E-state index contributed by atoms with van der Waals surface area (Å²) in [6.07, 6.45) is -2.74. The summed E-state index contributed by atoms with van der Waals surface area (Å²) < 4.78 is 48.7. The fourth-order valence-electron chi connectivity index (χ4n) is 3.66. The maximum absolute atomic E-state index is 12.4. The van der Waals surface area contributed by atoms with Crippen molar-refractivity contribution in [2.75, 3.05) is 6.61 Å². The minimum atomic E-state index is -4.74. The number of rotatable bonds is 6. The molecule has 10 heteroatoms. The summed E-state index contributed by atoms with van der Waals surface area (Å²) in [6, 6.07) is 7.27. The quantitative estimate of drug-likeness (QED) is 0.586. The van der Waals surface area contributed by atoms with E-state index in [1.165, 1.54) is 35.6 Å². The smallest absolute Gasteiger partial charge is 0.406 e. The van der Waals surface area contributed by atoms with Gasteiger partial charge in [-0.2, -0.15) is 0 Å². The average molecular weight is 451 g/mol. The Labute approximate surface area is 180 Å². The molecule has 0 spiro atoms. The largest absolute Gasteiger partial charge is 0.573 e. The number of alkyl halides is 3. The lowest BCUT2D eigenvalue weighted by Gasteiger charge is -2.15. The van der Waals surface area contributed by atoms with E-state index in [1.807, 2.05) is 16.9 Å². The molecule has 1 fully saturated rings. The van der Waals surface area contributed by atoms with Crippen LogP contribution in [0.15, 0.2) is 35.7 Å². The first-order valence-electron chi connectivity index (χ1n) is 9.65. The van der Waals surface area contributed by atoms with Crippen LogP contribution < -0.4 is 10.5 Å². The molecule has 31 heavy (non-hydrogen) atoms. The third-order valence-electron chi connectivity index (χ3n) is 5.14. The summed E-state index contributed by atoms with van der Waals surface area (Å²) in [5.74, 6) is -0.805. The topological polar surface area (TPSA) is 79.4 Å². The van der Waals surface area contributed by atoms with E-state index in [1.54, 1.807) is 6.07 Å². The van der Waals surface area contributed by atoms with E-state index in [9.17, 15) is 18.0 Å². The van der Waals surface area contributed by atoms with Gasteiger partial charge in [0.2, 0.25) is 0 Å². The molecule has 1 saturated heterocycles. The third kappa shape index (κ3) is 4.75. The van der Waals surface area contributed by atoms with E-state index in [2.05, 4.69) is 9.72 Å². The number of primary amides is 1. The molecule has 3 heterocycles. The molecule has 0 aliphatic carbocycles. The van der Waals surface area contributed by atoms with Crippen LogP contribution in [-0.2, 0) is 11.3 Å². The van der Waals surface area contributed by atoms with Gasteiger partial charge >= 0.3 is 6.36 Å². The first-order chi connectivity index (χ1) is 14.7. The van der Waals surface area contributed by atoms with Crippen LogP contribution in [0.5, 0.6) is 5.75 Å². The zero-order valence-corrected chi connectivity index (χ0v) is 17.4. The fraction of sp³-hybridized carbons (Fsp3) is 0.333. The SMILES string of the molecule is Cc1c(C(N)=O)cc(-c2csc(-c3ccc(OC(F)(F)F)cc3)n2)n1CC1CCCO1. The Morgan fingerprint density at radius 1 is 1.35 bits per heavy atom. The standard InChI is InChI=1S/C21H20F3N3O3S/c1-12-16(19(25)28)9-18(27(12)10-15-3-2-8-29-15)17-11-31-20(26-17)13-4-6-14(7-5-13)30-21(22,23)24/h4-7,9,11,15H,2-3,8,10H2,1H3,(H2,25,28). The van der Waals surface area contributed by atoms with Gasteiger partial charge in [0.25, 0.3) is 5.91 Å². The van der Waals surface area contributed by atoms with Crippen molar-refractivity contribution in [3.8, 4) is 27.7 Å². The Bertz CT molecular complexity index is 1080. The van der Waals surface area contributed by atoms with Crippen molar-refractivity contribution in [3.63, 3.8) is 0 Å². The Kier molecular flexibility index (Phi) is 5.76. The van der Waals surface area contributed by atoms with Gasteiger partial charge in [-0.25, -0.2) is 4.98 Å². The average Bonchev–Trinajstić information content (AvgIpc) is 3.43. The highest BCUT2D eigenvalue weighted by Crippen LogP contribution is 2.33. The summed E-state index contributed by atoms with van der Waals surface area (Å²) in [5.41, 5.74) is 8.79. The molecule has 1 aliphatic heterocycles. The highest BCUT2D eigenvalue weighted by molar-refractivity contribution is 7.13. The van der Waals surface area contributed by atoms with E-state index in [0.717, 1.165) is 30.8 Å². The Morgan fingerprint density at radius 2 is 2.10 bits per heavy atom. The zero-order chi connectivity index (χ0) is 22.2. The molecule has 2 N–H and O–H groups in total. The second kappa shape index (κ2) is 8.35. The van der Waals surface area contributed by atoms with Crippen molar-refractivity contribution in [1.29, 1.82) is 0 Å². The molecule has 1 aliphatic rings. The van der Waals surface area contributed by atoms with E-state index in [4.69, 9.17) is 10.5 Å². The molecule has 3 aromatic rings. The van der Waals surface area contributed by atoms with E-state index in [0.29, 0.717) is 28.4 Å². The molecule has 1 aromatic carbocycles. The molecule has 1 atom stereocenters. The van der Waals surface area contributed by atoms with Crippen molar-refractivity contribution in [2.45, 2.75) is 38.8 Å². The van der Waals surface area contributed by atoms with Gasteiger partial charge < -0.3 is 19.8 Å². The van der Waals surface area contributed by atoms with Crippen molar-refractivity contribution < 1.29 is 27.4 Å². The number of nitrogens with zero attached hydrogens (tertiary/aromatic N) is 2. The number of aromatic nitrogens is 2. The maximum atomic E-state index is 12.4. The number of carbonyl (C=O) groups excluding carboxylic acids is 1. The van der Waals surface area contributed by atoms with Gasteiger partial charge in [-0.3, -0.25) is 4.79 Å². The second-order valence-corrected chi connectivity index (χ2v) is 8.11. The van der Waals surface area contributed by atoms with Gasteiger partial charge in [-0.1, -0.05) is 0 Å². The van der Waals surface area contributed by atoms with Crippen LogP contribution in [0.25, 0.3) is 22.0 Å². The molecule has 164 valence electrons. The Morgan fingerprint density at radius 3 is 2.71 bits per heavy atom. The number of nitrogens with two attached hydrogens (primary N) is 1. The molecule has 1 amide bonds. The number of benzene rings is 1. The Balaban J connectivity index is 1.63. The highest BCUT2D eigenvalue weighted by Gasteiger charge is 2.31. The Hall–Kier alpha value is -2.85. The van der Waals surface area contributed by atoms with Crippen molar-refractivity contribution in [1.82, 2.24) is 9.55 Å². The molecule has 2 aromatic heterocycles. The van der Waals surface area contributed by atoms with Gasteiger partial charge in [-0.05, 0) is 50.1 Å². The van der Waals surface area contributed by atoms with Crippen LogP contribution >= 0.6 is 11.3 Å². The van der Waals surface area contributed by atoms with Gasteiger partial charge in [0.05, 0.1) is 23.1 Å². The van der Waals surface area contributed by atoms with Crippen LogP contribution in [0.1, 0.15) is 28.9 Å². The first-order valence-corrected chi connectivity index (χ1v) is 10.5. The lowest BCUT2D eigenvalue weighted by molar-refractivity contribution is -0.274. The third-order valence-corrected chi connectivity index (χ3v) is 6.03. The minimum Gasteiger partial charge on any atom is -0.406 e. The molecule has 0 radical (unpaired) electrons. The number of halogens is 3. The van der Waals surface area contributed by atoms with Crippen molar-refractivity contribution in [2.24, 2.45) is 5.73 Å². The number of hydrogen-bond donors (Lipinski definition) is 1. The lowest BCUT2D eigenvalue weighted by atomic mass is 10.2. The fourth-order valence-corrected chi connectivity index (χ4v) is 4.48. The maximum Gasteiger partial charge on any atom is 0.573 e. The number of carbonyl (C=O) groups is 1. The van der Waals surface area contributed by atoms with Gasteiger partial charge in [0, 0.05) is 29.8 Å². The van der Waals surface area contributed by atoms with Gasteiger partial charge in [0.1, 0.15) is 10.8 Å². The number of thiazole rings is 1. The lowest BCUT2D eigenvalue weighted by Crippen LogP contribution is -2.18. The predicted octanol–water partition coefficient (Wildman–Crippen LogP) is 4.76. The van der Waals surface area contributed by atoms with E-state index in [-0.39, 0.29) is 11.9 Å². The summed E-state index contributed by atoms with van der Waals surface area (Å²) in [6.45, 7) is 3.15. The summed E-state index contributed by atoms with van der Waals surface area (Å²) in [5, 5.41) is 2.48. The summed E-state index contributed by atoms with van der Waals surface area (Å²) >= 11 is 1.36. The van der Waals surface area contributed by atoms with Crippen molar-refractivity contribution >= 4 is 17.2 Å². The van der Waals surface area contributed by atoms with Gasteiger partial charge in [-0.15, -0.1) is 24.5 Å². The van der Waals surface area contributed by atoms with Crippen LogP contribution in [0.3, 0.4) is 0 Å². The molecular weight excluding hydrogens is 431 g/mol. The minimum absolute atomic E-state index is 0.0601. The predicted molar refractivity (Wildman–Crippen MR) is 110 cm³/mol. The van der Waals surface area contributed by atoms with Gasteiger partial charge in [0.15, 0.2) is 0 Å². The summed E-state index contributed by atoms with van der Waals surface area (Å²) in [7, 11) is 0. The molecular formula is C21H20F3N3O3S. The van der Waals surface area contributed by atoms with Crippen LogP contribution in [0.4, 0.5) is 13.2 Å². The summed E-state index contributed by atoms with van der Waals surface area (Å²) in [4.78, 5) is 16.5. The molecule has 0 bridgehead atoms. The van der Waals surface area contributed by atoms with Crippen molar-refractivity contribution in [3.05, 3.63) is 47.0 Å². The molecule has 1 unspecified atom stereocenters. The van der Waals surface area contributed by atoms with Crippen LogP contribution in [-0.4, -0.2) is 34.5 Å². The second-order valence-electron chi connectivity index (χ2n) is 7.25. The number of amides is 1. The number of ether oxygens (including phenoxy) is 2.